The second-order valence-electron chi connectivity index (χ2n) is 10.4. The second kappa shape index (κ2) is 10.1. The van der Waals surface area contributed by atoms with Crippen molar-refractivity contribution in [2.75, 3.05) is 38.3 Å². The van der Waals surface area contributed by atoms with Gasteiger partial charge in [0.15, 0.2) is 5.82 Å². The molecule has 9 heteroatoms. The van der Waals surface area contributed by atoms with E-state index < -0.39 is 0 Å². The number of carbonyl (C=O) groups excluding carboxylic acids is 1. The Balaban J connectivity index is 1.45. The van der Waals surface area contributed by atoms with E-state index in [9.17, 15) is 10.1 Å². The Hall–Kier alpha value is -3.90. The Morgan fingerprint density at radius 1 is 1.18 bits per heavy atom. The van der Waals surface area contributed by atoms with Gasteiger partial charge in [-0.3, -0.25) is 9.67 Å². The fourth-order valence-corrected chi connectivity index (χ4v) is 6.05. The maximum Gasteiger partial charge on any atom is 0.317 e. The molecule has 6 rings (SSSR count). The van der Waals surface area contributed by atoms with E-state index >= 15 is 0 Å². The van der Waals surface area contributed by atoms with E-state index in [0.717, 1.165) is 85.8 Å². The average Bonchev–Trinajstić information content (AvgIpc) is 3.35. The van der Waals surface area contributed by atoms with Crippen LogP contribution in [0.1, 0.15) is 53.3 Å². The van der Waals surface area contributed by atoms with E-state index in [1.807, 2.05) is 30.0 Å². The molecule has 0 saturated carbocycles. The Kier molecular flexibility index (Phi) is 6.50. The van der Waals surface area contributed by atoms with Crippen LogP contribution < -0.4 is 10.2 Å². The normalized spacial score (nSPS) is 17.5. The zero-order valence-corrected chi connectivity index (χ0v) is 22.0. The van der Waals surface area contributed by atoms with Crippen LogP contribution in [0.2, 0.25) is 0 Å². The van der Waals surface area contributed by atoms with Crippen LogP contribution in [0.4, 0.5) is 16.3 Å². The summed E-state index contributed by atoms with van der Waals surface area (Å²) >= 11 is 0. The summed E-state index contributed by atoms with van der Waals surface area (Å²) in [5.41, 5.74) is 7.98. The summed E-state index contributed by atoms with van der Waals surface area (Å²) in [4.78, 5) is 21.3. The molecular formula is C29H33N7O2. The van der Waals surface area contributed by atoms with Crippen molar-refractivity contribution < 1.29 is 9.53 Å². The molecule has 0 spiro atoms. The van der Waals surface area contributed by atoms with Crippen LogP contribution in [0, 0.1) is 18.3 Å². The minimum absolute atomic E-state index is 0.0680. The summed E-state index contributed by atoms with van der Waals surface area (Å²) < 4.78 is 7.85. The quantitative estimate of drug-likeness (QED) is 0.564. The molecule has 1 N–H and O–H groups in total. The van der Waals surface area contributed by atoms with Gasteiger partial charge in [-0.15, -0.1) is 0 Å². The van der Waals surface area contributed by atoms with Crippen molar-refractivity contribution >= 4 is 17.5 Å². The number of hydrogen-bond donors (Lipinski definition) is 1. The van der Waals surface area contributed by atoms with Crippen molar-refractivity contribution in [1.82, 2.24) is 25.0 Å². The number of carbonyl (C=O) groups is 1. The van der Waals surface area contributed by atoms with Gasteiger partial charge in [-0.2, -0.15) is 10.4 Å². The number of anilines is 2. The Morgan fingerprint density at radius 3 is 2.79 bits per heavy atom. The summed E-state index contributed by atoms with van der Waals surface area (Å²) in [5.74, 6) is 0.909. The highest BCUT2D eigenvalue weighted by Gasteiger charge is 2.34. The molecule has 0 aliphatic carbocycles. The number of nitrogens with one attached hydrogen (secondary N) is 1. The van der Waals surface area contributed by atoms with Gasteiger partial charge in [-0.25, -0.2) is 4.79 Å². The number of nitrogens with zero attached hydrogens (tertiary/aromatic N) is 6. The number of benzene rings is 1. The molecule has 1 aromatic carbocycles. The first-order valence-electron chi connectivity index (χ1n) is 13.5. The van der Waals surface area contributed by atoms with Gasteiger partial charge < -0.3 is 19.9 Å². The number of rotatable bonds is 3. The number of aryl methyl sites for hydroxylation is 2. The van der Waals surface area contributed by atoms with Crippen molar-refractivity contribution in [3.8, 4) is 17.3 Å². The lowest BCUT2D eigenvalue weighted by Gasteiger charge is -2.33. The Morgan fingerprint density at radius 2 is 2.03 bits per heavy atom. The van der Waals surface area contributed by atoms with E-state index in [4.69, 9.17) is 9.84 Å². The minimum Gasteiger partial charge on any atom is -0.381 e. The van der Waals surface area contributed by atoms with Crippen LogP contribution in [0.15, 0.2) is 30.5 Å². The van der Waals surface area contributed by atoms with Crippen LogP contribution in [-0.2, 0) is 24.1 Å². The third-order valence-electron chi connectivity index (χ3n) is 8.01. The lowest BCUT2D eigenvalue weighted by molar-refractivity contribution is 0.0651. The standard InChI is InChI=1S/C29H33N7O2/c1-19-5-9-32-25(14-19)23-15-20-4-3-10-35(27(20)16-21(23)17-30)28-24-18-34(29(37)31-2)11-6-26(24)36(33-28)22-7-12-38-13-8-22/h5,9,14-16,22H,3-4,6-8,10-13,18H2,1-2H3,(H,31,37). The maximum absolute atomic E-state index is 12.6. The lowest BCUT2D eigenvalue weighted by Crippen LogP contribution is -2.42. The molecule has 3 aliphatic rings. The Labute approximate surface area is 223 Å². The first-order chi connectivity index (χ1) is 18.6. The summed E-state index contributed by atoms with van der Waals surface area (Å²) in [5, 5.41) is 18.1. The molecule has 5 heterocycles. The number of aromatic nitrogens is 3. The average molecular weight is 512 g/mol. The number of urea groups is 1. The van der Waals surface area contributed by atoms with E-state index in [1.165, 1.54) is 11.3 Å². The summed E-state index contributed by atoms with van der Waals surface area (Å²) in [7, 11) is 1.68. The summed E-state index contributed by atoms with van der Waals surface area (Å²) in [6.45, 7) is 5.53. The smallest absolute Gasteiger partial charge is 0.317 e. The monoisotopic (exact) mass is 511 g/mol. The fraction of sp³-hybridized carbons (Fsp3) is 0.448. The summed E-state index contributed by atoms with van der Waals surface area (Å²) in [6, 6.07) is 10.8. The third kappa shape index (κ3) is 4.29. The van der Waals surface area contributed by atoms with E-state index in [1.54, 1.807) is 13.2 Å². The molecule has 0 atom stereocenters. The predicted octanol–water partition coefficient (Wildman–Crippen LogP) is 4.26. The van der Waals surface area contributed by atoms with Gasteiger partial charge in [0.1, 0.15) is 0 Å². The van der Waals surface area contributed by atoms with Crippen molar-refractivity contribution in [3.05, 3.63) is 58.4 Å². The van der Waals surface area contributed by atoms with Crippen molar-refractivity contribution in [3.63, 3.8) is 0 Å². The molecule has 1 saturated heterocycles. The minimum atomic E-state index is -0.0680. The molecule has 0 unspecified atom stereocenters. The molecule has 1 fully saturated rings. The summed E-state index contributed by atoms with van der Waals surface area (Å²) in [6.07, 6.45) is 6.37. The number of ether oxygens (including phenoxy) is 1. The van der Waals surface area contributed by atoms with Gasteiger partial charge >= 0.3 is 6.03 Å². The Bertz CT molecular complexity index is 1420. The van der Waals surface area contributed by atoms with E-state index in [0.29, 0.717) is 24.7 Å². The van der Waals surface area contributed by atoms with Crippen molar-refractivity contribution in [2.24, 2.45) is 0 Å². The van der Waals surface area contributed by atoms with Crippen LogP contribution in [0.25, 0.3) is 11.3 Å². The highest BCUT2D eigenvalue weighted by atomic mass is 16.5. The highest BCUT2D eigenvalue weighted by Crippen LogP contribution is 2.41. The molecular weight excluding hydrogens is 478 g/mol. The number of pyridine rings is 1. The molecule has 2 amide bonds. The van der Waals surface area contributed by atoms with Crippen LogP contribution in [-0.4, -0.2) is 59.0 Å². The van der Waals surface area contributed by atoms with Gasteiger partial charge in [0, 0.05) is 68.5 Å². The molecule has 38 heavy (non-hydrogen) atoms. The van der Waals surface area contributed by atoms with Crippen molar-refractivity contribution in [2.45, 2.75) is 51.6 Å². The first-order valence-corrected chi connectivity index (χ1v) is 13.5. The predicted molar refractivity (Wildman–Crippen MR) is 144 cm³/mol. The van der Waals surface area contributed by atoms with Gasteiger partial charge in [0.25, 0.3) is 0 Å². The van der Waals surface area contributed by atoms with Crippen LogP contribution >= 0.6 is 0 Å². The molecule has 196 valence electrons. The molecule has 3 aliphatic heterocycles. The van der Waals surface area contributed by atoms with E-state index in [-0.39, 0.29) is 6.03 Å². The highest BCUT2D eigenvalue weighted by molar-refractivity contribution is 5.79. The second-order valence-corrected chi connectivity index (χ2v) is 10.4. The fourth-order valence-electron chi connectivity index (χ4n) is 6.05. The third-order valence-corrected chi connectivity index (χ3v) is 8.01. The molecule has 3 aromatic rings. The number of fused-ring (bicyclic) bond motifs is 2. The van der Waals surface area contributed by atoms with Gasteiger partial charge in [0.2, 0.25) is 0 Å². The van der Waals surface area contributed by atoms with E-state index in [2.05, 4.69) is 32.0 Å². The van der Waals surface area contributed by atoms with Crippen LogP contribution in [0.5, 0.6) is 0 Å². The molecule has 0 bridgehead atoms. The molecule has 2 aromatic heterocycles. The number of nitriles is 1. The van der Waals surface area contributed by atoms with Gasteiger partial charge in [0.05, 0.1) is 29.9 Å². The van der Waals surface area contributed by atoms with Gasteiger partial charge in [-0.05, 0) is 68.0 Å². The molecule has 9 nitrogen and oxygen atoms in total. The van der Waals surface area contributed by atoms with Crippen molar-refractivity contribution in [1.29, 1.82) is 5.26 Å². The topological polar surface area (TPSA) is 99.3 Å². The van der Waals surface area contributed by atoms with Gasteiger partial charge in [-0.1, -0.05) is 0 Å². The lowest BCUT2D eigenvalue weighted by atomic mass is 9.93. The maximum atomic E-state index is 12.6. The zero-order chi connectivity index (χ0) is 26.2. The zero-order valence-electron chi connectivity index (χ0n) is 22.0. The SMILES string of the molecule is CNC(=O)N1CCc2c(c(N3CCCc4cc(-c5cc(C)ccn5)c(C#N)cc43)nn2C2CCOCC2)C1. The first kappa shape index (κ1) is 24.4. The van der Waals surface area contributed by atoms with Crippen LogP contribution in [0.3, 0.4) is 0 Å². The molecule has 0 radical (unpaired) electrons. The largest absolute Gasteiger partial charge is 0.381 e. The number of amides is 2. The number of hydrogen-bond acceptors (Lipinski definition) is 6.